The quantitative estimate of drug-likeness (QED) is 0.747. The predicted octanol–water partition coefficient (Wildman–Crippen LogP) is 4.36. The summed E-state index contributed by atoms with van der Waals surface area (Å²) in [4.78, 5) is 2.36. The van der Waals surface area contributed by atoms with Gasteiger partial charge in [0.2, 0.25) is 0 Å². The number of rotatable bonds is 5. The minimum absolute atomic E-state index is 0.949. The van der Waals surface area contributed by atoms with E-state index in [4.69, 9.17) is 0 Å². The van der Waals surface area contributed by atoms with Crippen molar-refractivity contribution in [2.75, 3.05) is 11.4 Å². The highest BCUT2D eigenvalue weighted by molar-refractivity contribution is 5.55. The molecular weight excluding hydrogens is 218 g/mol. The van der Waals surface area contributed by atoms with Crippen molar-refractivity contribution >= 4 is 11.8 Å². The molecular formula is C17H19N. The van der Waals surface area contributed by atoms with Gasteiger partial charge in [-0.25, -0.2) is 0 Å². The maximum absolute atomic E-state index is 3.78. The first kappa shape index (κ1) is 12.4. The molecule has 0 aromatic heterocycles. The largest absolute Gasteiger partial charge is 0.367 e. The molecule has 0 N–H and O–H groups in total. The molecule has 0 heterocycles. The van der Waals surface area contributed by atoms with E-state index in [0.717, 1.165) is 18.7 Å². The Balaban J connectivity index is 2.15. The molecule has 2 rings (SSSR count). The van der Waals surface area contributed by atoms with E-state index >= 15 is 0 Å². The third kappa shape index (κ3) is 3.01. The van der Waals surface area contributed by atoms with Gasteiger partial charge in [0.05, 0.1) is 0 Å². The standard InChI is InChI=1S/C17H19N/c1-3-15-10-12-17(13-11-15)18(4-2)14-16-8-6-5-7-9-16/h3,5-13H,1,4,14H2,2H3. The Kier molecular flexibility index (Phi) is 4.19. The summed E-state index contributed by atoms with van der Waals surface area (Å²) in [6.45, 7) is 7.92. The Hall–Kier alpha value is -2.02. The van der Waals surface area contributed by atoms with Gasteiger partial charge in [0.15, 0.2) is 0 Å². The van der Waals surface area contributed by atoms with Crippen molar-refractivity contribution in [1.29, 1.82) is 0 Å². The summed E-state index contributed by atoms with van der Waals surface area (Å²) in [7, 11) is 0. The molecule has 1 heteroatoms. The third-order valence-corrected chi connectivity index (χ3v) is 3.09. The lowest BCUT2D eigenvalue weighted by Crippen LogP contribution is -2.21. The minimum atomic E-state index is 0.949. The van der Waals surface area contributed by atoms with Gasteiger partial charge in [-0.05, 0) is 30.2 Å². The van der Waals surface area contributed by atoms with Gasteiger partial charge in [-0.1, -0.05) is 55.1 Å². The fourth-order valence-electron chi connectivity index (χ4n) is 2.01. The first-order valence-electron chi connectivity index (χ1n) is 6.35. The fourth-order valence-corrected chi connectivity index (χ4v) is 2.01. The van der Waals surface area contributed by atoms with E-state index in [9.17, 15) is 0 Å². The van der Waals surface area contributed by atoms with Crippen LogP contribution in [0.4, 0.5) is 5.69 Å². The number of hydrogen-bond acceptors (Lipinski definition) is 1. The molecule has 18 heavy (non-hydrogen) atoms. The first-order valence-corrected chi connectivity index (χ1v) is 6.35. The summed E-state index contributed by atoms with van der Waals surface area (Å²) in [6.07, 6.45) is 1.87. The first-order chi connectivity index (χ1) is 8.83. The van der Waals surface area contributed by atoms with Crippen molar-refractivity contribution < 1.29 is 0 Å². The van der Waals surface area contributed by atoms with Crippen LogP contribution in [0.1, 0.15) is 18.1 Å². The molecule has 0 bridgehead atoms. The number of benzene rings is 2. The highest BCUT2D eigenvalue weighted by Gasteiger charge is 2.04. The van der Waals surface area contributed by atoms with Crippen LogP contribution < -0.4 is 4.90 Å². The van der Waals surface area contributed by atoms with Crippen LogP contribution >= 0.6 is 0 Å². The van der Waals surface area contributed by atoms with E-state index < -0.39 is 0 Å². The Morgan fingerprint density at radius 3 is 2.22 bits per heavy atom. The molecule has 0 aliphatic carbocycles. The van der Waals surface area contributed by atoms with E-state index in [1.165, 1.54) is 11.3 Å². The van der Waals surface area contributed by atoms with Crippen LogP contribution in [0.15, 0.2) is 61.2 Å². The molecule has 0 saturated heterocycles. The second kappa shape index (κ2) is 6.06. The molecule has 0 spiro atoms. The molecule has 1 nitrogen and oxygen atoms in total. The molecule has 2 aromatic carbocycles. The van der Waals surface area contributed by atoms with Crippen LogP contribution in [-0.2, 0) is 6.54 Å². The molecule has 0 radical (unpaired) electrons. The van der Waals surface area contributed by atoms with Gasteiger partial charge in [-0.2, -0.15) is 0 Å². The summed E-state index contributed by atoms with van der Waals surface area (Å²) >= 11 is 0. The fraction of sp³-hybridized carbons (Fsp3) is 0.176. The van der Waals surface area contributed by atoms with Crippen molar-refractivity contribution in [1.82, 2.24) is 0 Å². The lowest BCUT2D eigenvalue weighted by atomic mass is 10.1. The molecule has 0 aliphatic heterocycles. The van der Waals surface area contributed by atoms with E-state index in [-0.39, 0.29) is 0 Å². The van der Waals surface area contributed by atoms with E-state index in [1.54, 1.807) is 0 Å². The summed E-state index contributed by atoms with van der Waals surface area (Å²) in [6, 6.07) is 19.1. The summed E-state index contributed by atoms with van der Waals surface area (Å²) < 4.78 is 0. The van der Waals surface area contributed by atoms with E-state index in [1.807, 2.05) is 6.08 Å². The maximum atomic E-state index is 3.78. The second-order valence-electron chi connectivity index (χ2n) is 4.30. The third-order valence-electron chi connectivity index (χ3n) is 3.09. The van der Waals surface area contributed by atoms with E-state index in [2.05, 4.69) is 73.0 Å². The summed E-state index contributed by atoms with van der Waals surface area (Å²) in [5.41, 5.74) is 3.76. The van der Waals surface area contributed by atoms with Crippen LogP contribution in [0.5, 0.6) is 0 Å². The average molecular weight is 237 g/mol. The Bertz CT molecular complexity index is 485. The highest BCUT2D eigenvalue weighted by atomic mass is 15.1. The minimum Gasteiger partial charge on any atom is -0.367 e. The lowest BCUT2D eigenvalue weighted by Gasteiger charge is -2.23. The SMILES string of the molecule is C=Cc1ccc(N(CC)Cc2ccccc2)cc1. The van der Waals surface area contributed by atoms with Gasteiger partial charge in [0, 0.05) is 18.8 Å². The van der Waals surface area contributed by atoms with Crippen molar-refractivity contribution in [3.63, 3.8) is 0 Å². The molecule has 0 fully saturated rings. The van der Waals surface area contributed by atoms with Gasteiger partial charge >= 0.3 is 0 Å². The van der Waals surface area contributed by atoms with Gasteiger partial charge < -0.3 is 4.90 Å². The van der Waals surface area contributed by atoms with Crippen LogP contribution in [0.25, 0.3) is 6.08 Å². The van der Waals surface area contributed by atoms with Crippen LogP contribution in [0.2, 0.25) is 0 Å². The maximum Gasteiger partial charge on any atom is 0.0429 e. The monoisotopic (exact) mass is 237 g/mol. The van der Waals surface area contributed by atoms with E-state index in [0.29, 0.717) is 0 Å². The summed E-state index contributed by atoms with van der Waals surface area (Å²) in [5.74, 6) is 0. The van der Waals surface area contributed by atoms with Crippen molar-refractivity contribution in [3.8, 4) is 0 Å². The number of hydrogen-bond donors (Lipinski definition) is 0. The number of anilines is 1. The molecule has 92 valence electrons. The van der Waals surface area contributed by atoms with Gasteiger partial charge in [0.1, 0.15) is 0 Å². The predicted molar refractivity (Wildman–Crippen MR) is 79.7 cm³/mol. The molecule has 0 atom stereocenters. The Morgan fingerprint density at radius 1 is 1.00 bits per heavy atom. The van der Waals surface area contributed by atoms with Crippen LogP contribution in [-0.4, -0.2) is 6.54 Å². The molecule has 0 unspecified atom stereocenters. The molecule has 0 aliphatic rings. The smallest absolute Gasteiger partial charge is 0.0429 e. The second-order valence-corrected chi connectivity index (χ2v) is 4.30. The zero-order valence-corrected chi connectivity index (χ0v) is 10.8. The molecule has 0 saturated carbocycles. The molecule has 0 amide bonds. The van der Waals surface area contributed by atoms with Crippen LogP contribution in [0.3, 0.4) is 0 Å². The summed E-state index contributed by atoms with van der Waals surface area (Å²) in [5, 5.41) is 0. The van der Waals surface area contributed by atoms with Gasteiger partial charge in [-0.3, -0.25) is 0 Å². The van der Waals surface area contributed by atoms with Crippen LogP contribution in [0, 0.1) is 0 Å². The topological polar surface area (TPSA) is 3.24 Å². The Labute approximate surface area is 109 Å². The lowest BCUT2D eigenvalue weighted by molar-refractivity contribution is 0.832. The zero-order valence-electron chi connectivity index (χ0n) is 10.8. The highest BCUT2D eigenvalue weighted by Crippen LogP contribution is 2.18. The number of nitrogens with zero attached hydrogens (tertiary/aromatic N) is 1. The Morgan fingerprint density at radius 2 is 1.67 bits per heavy atom. The normalized spacial score (nSPS) is 10.1. The van der Waals surface area contributed by atoms with Gasteiger partial charge in [-0.15, -0.1) is 0 Å². The van der Waals surface area contributed by atoms with Crippen molar-refractivity contribution in [2.24, 2.45) is 0 Å². The van der Waals surface area contributed by atoms with Crippen molar-refractivity contribution in [2.45, 2.75) is 13.5 Å². The zero-order chi connectivity index (χ0) is 12.8. The van der Waals surface area contributed by atoms with Crippen molar-refractivity contribution in [3.05, 3.63) is 72.3 Å². The van der Waals surface area contributed by atoms with Gasteiger partial charge in [0.25, 0.3) is 0 Å². The molecule has 2 aromatic rings. The average Bonchev–Trinajstić information content (AvgIpc) is 2.46.